The highest BCUT2D eigenvalue weighted by molar-refractivity contribution is 8.19. The Hall–Kier alpha value is -1.10. The summed E-state index contributed by atoms with van der Waals surface area (Å²) >= 11 is 15.2. The van der Waals surface area contributed by atoms with Gasteiger partial charge in [0.1, 0.15) is 4.71 Å². The van der Waals surface area contributed by atoms with Crippen molar-refractivity contribution in [3.05, 3.63) is 45.0 Å². The number of nitrogens with one attached hydrogen (secondary N) is 2. The van der Waals surface area contributed by atoms with Crippen molar-refractivity contribution in [3.8, 4) is 0 Å². The third kappa shape index (κ3) is 8.04. The Bertz CT molecular complexity index is 847. The average molecular weight is 521 g/mol. The van der Waals surface area contributed by atoms with E-state index in [-0.39, 0.29) is 16.7 Å². The van der Waals surface area contributed by atoms with Gasteiger partial charge in [0.05, 0.1) is 28.5 Å². The zero-order chi connectivity index (χ0) is 23.1. The fourth-order valence-corrected chi connectivity index (χ4v) is 6.24. The number of ether oxygens (including phenoxy) is 1. The monoisotopic (exact) mass is 519 g/mol. The van der Waals surface area contributed by atoms with Crippen molar-refractivity contribution in [1.82, 2.24) is 15.5 Å². The van der Waals surface area contributed by atoms with Gasteiger partial charge in [-0.3, -0.25) is 9.69 Å². The molecule has 0 saturated carbocycles. The Morgan fingerprint density at radius 3 is 3.00 bits per heavy atom. The molecule has 176 valence electrons. The van der Waals surface area contributed by atoms with Crippen molar-refractivity contribution in [2.75, 3.05) is 38.5 Å². The van der Waals surface area contributed by atoms with Crippen molar-refractivity contribution < 1.29 is 19.4 Å². The van der Waals surface area contributed by atoms with E-state index in [1.165, 1.54) is 23.5 Å². The van der Waals surface area contributed by atoms with Crippen LogP contribution < -0.4 is 10.6 Å². The number of morpholine rings is 1. The van der Waals surface area contributed by atoms with Crippen LogP contribution in [0, 0.1) is 5.92 Å². The van der Waals surface area contributed by atoms with Crippen LogP contribution in [0.4, 0.5) is 0 Å². The molecule has 1 fully saturated rings. The van der Waals surface area contributed by atoms with E-state index in [0.29, 0.717) is 34.9 Å². The molecule has 7 nitrogen and oxygen atoms in total. The van der Waals surface area contributed by atoms with Gasteiger partial charge in [0.25, 0.3) is 0 Å². The van der Waals surface area contributed by atoms with Crippen LogP contribution in [0.15, 0.2) is 45.0 Å². The molecular weight excluding hydrogens is 493 g/mol. The Morgan fingerprint density at radius 1 is 1.44 bits per heavy atom. The first-order chi connectivity index (χ1) is 15.3. The summed E-state index contributed by atoms with van der Waals surface area (Å²) in [4.78, 5) is 26.2. The Kier molecular flexibility index (Phi) is 9.88. The van der Waals surface area contributed by atoms with Gasteiger partial charge < -0.3 is 20.5 Å². The summed E-state index contributed by atoms with van der Waals surface area (Å²) in [6.45, 7) is 5.50. The minimum atomic E-state index is -0.981. The van der Waals surface area contributed by atoms with Gasteiger partial charge in [0, 0.05) is 42.9 Å². The van der Waals surface area contributed by atoms with Gasteiger partial charge in [-0.15, -0.1) is 11.8 Å². The second-order valence-electron chi connectivity index (χ2n) is 7.68. The topological polar surface area (TPSA) is 90.9 Å². The normalized spacial score (nSPS) is 26.7. The fourth-order valence-electron chi connectivity index (χ4n) is 3.53. The molecule has 1 amide bonds. The summed E-state index contributed by atoms with van der Waals surface area (Å²) in [5, 5.41) is 16.2. The number of carbonyl (C=O) groups is 2. The Balaban J connectivity index is 1.34. The molecule has 0 aromatic carbocycles. The highest BCUT2D eigenvalue weighted by atomic mass is 35.5. The highest BCUT2D eigenvalue weighted by Crippen LogP contribution is 2.36. The number of thioether (sulfide) groups is 2. The number of carbonyl (C=O) groups excluding carboxylic acids is 1. The quantitative estimate of drug-likeness (QED) is 0.399. The number of carboxylic acids is 1. The molecule has 2 aliphatic heterocycles. The van der Waals surface area contributed by atoms with E-state index in [2.05, 4.69) is 15.5 Å². The number of allylic oxidation sites excluding steroid dienone is 5. The first-order valence-electron chi connectivity index (χ1n) is 10.3. The van der Waals surface area contributed by atoms with Crippen LogP contribution in [-0.4, -0.2) is 71.2 Å². The van der Waals surface area contributed by atoms with Gasteiger partial charge in [-0.05, 0) is 25.3 Å². The standard InChI is InChI=1S/C21H27Cl2N3O4S2/c1-13-18(4-5-20(28)29)32-21(25-13)31-12-19(27)24-9-15-11-26(6-7-30-15)10-14-2-3-16(22)17(23)8-14/h3-5,8,14-15,21,25H,2,6-7,9-12H2,1H3,(H,24,27)(H,28,29)/b5-4+/t14?,15-,21?/m0/s1. The molecular formula is C21H27Cl2N3O4S2. The van der Waals surface area contributed by atoms with Gasteiger partial charge >= 0.3 is 5.97 Å². The van der Waals surface area contributed by atoms with Crippen LogP contribution in [-0.2, 0) is 14.3 Å². The maximum atomic E-state index is 12.3. The number of carboxylic acid groups (broad SMARTS) is 1. The minimum Gasteiger partial charge on any atom is -0.478 e. The molecule has 1 saturated heterocycles. The molecule has 32 heavy (non-hydrogen) atoms. The van der Waals surface area contributed by atoms with Crippen molar-refractivity contribution >= 4 is 58.6 Å². The number of hydrogen-bond acceptors (Lipinski definition) is 7. The summed E-state index contributed by atoms with van der Waals surface area (Å²) in [5.41, 5.74) is 0.910. The van der Waals surface area contributed by atoms with Crippen LogP contribution in [0.25, 0.3) is 0 Å². The summed E-state index contributed by atoms with van der Waals surface area (Å²) in [6, 6.07) is 0. The molecule has 11 heteroatoms. The molecule has 3 rings (SSSR count). The van der Waals surface area contributed by atoms with Crippen molar-refractivity contribution in [2.45, 2.75) is 24.2 Å². The smallest absolute Gasteiger partial charge is 0.328 e. The van der Waals surface area contributed by atoms with Crippen LogP contribution in [0.5, 0.6) is 0 Å². The van der Waals surface area contributed by atoms with Crippen LogP contribution in [0.1, 0.15) is 13.3 Å². The second-order valence-corrected chi connectivity index (χ2v) is 11.0. The molecule has 0 radical (unpaired) electrons. The minimum absolute atomic E-state index is 0.0199. The second kappa shape index (κ2) is 12.4. The third-order valence-corrected chi connectivity index (χ3v) is 8.49. The van der Waals surface area contributed by atoms with E-state index >= 15 is 0 Å². The molecule has 0 spiro atoms. The summed E-state index contributed by atoms with van der Waals surface area (Å²) in [6.07, 6.45) is 7.50. The molecule has 2 heterocycles. The lowest BCUT2D eigenvalue weighted by molar-refractivity contribution is -0.131. The summed E-state index contributed by atoms with van der Waals surface area (Å²) in [7, 11) is 0. The lowest BCUT2D eigenvalue weighted by Crippen LogP contribution is -2.48. The zero-order valence-corrected chi connectivity index (χ0v) is 20.8. The molecule has 2 unspecified atom stereocenters. The van der Waals surface area contributed by atoms with Gasteiger partial charge in [-0.2, -0.15) is 0 Å². The third-order valence-electron chi connectivity index (χ3n) is 5.13. The lowest BCUT2D eigenvalue weighted by atomic mass is 9.99. The Morgan fingerprint density at radius 2 is 2.25 bits per heavy atom. The number of rotatable bonds is 9. The predicted molar refractivity (Wildman–Crippen MR) is 132 cm³/mol. The van der Waals surface area contributed by atoms with Crippen LogP contribution >= 0.6 is 46.7 Å². The fraction of sp³-hybridized carbons (Fsp3) is 0.524. The SMILES string of the molecule is CC1=C(/C=C/C(=O)O)SC(SCC(=O)NC[C@H]2CN(CC3C=C(Cl)C(Cl)=CC3)CCO2)N1. The van der Waals surface area contributed by atoms with Crippen molar-refractivity contribution in [3.63, 3.8) is 0 Å². The number of halogens is 2. The van der Waals surface area contributed by atoms with Gasteiger partial charge in [0.15, 0.2) is 0 Å². The van der Waals surface area contributed by atoms with Crippen molar-refractivity contribution in [1.29, 1.82) is 0 Å². The molecule has 1 aliphatic carbocycles. The number of hydrogen-bond donors (Lipinski definition) is 3. The van der Waals surface area contributed by atoms with Crippen molar-refractivity contribution in [2.24, 2.45) is 5.92 Å². The van der Waals surface area contributed by atoms with Crippen LogP contribution in [0.2, 0.25) is 0 Å². The largest absolute Gasteiger partial charge is 0.478 e. The van der Waals surface area contributed by atoms with Gasteiger partial charge in [-0.25, -0.2) is 4.79 Å². The maximum Gasteiger partial charge on any atom is 0.328 e. The van der Waals surface area contributed by atoms with E-state index < -0.39 is 5.97 Å². The number of amides is 1. The van der Waals surface area contributed by atoms with E-state index in [9.17, 15) is 9.59 Å². The number of nitrogens with zero attached hydrogens (tertiary/aromatic N) is 1. The predicted octanol–water partition coefficient (Wildman–Crippen LogP) is 3.29. The molecule has 3 aliphatic rings. The van der Waals surface area contributed by atoms with E-state index in [1.807, 2.05) is 19.1 Å². The van der Waals surface area contributed by atoms with Gasteiger partial charge in [0.2, 0.25) is 5.91 Å². The average Bonchev–Trinajstić information content (AvgIpc) is 3.11. The van der Waals surface area contributed by atoms with Crippen LogP contribution in [0.3, 0.4) is 0 Å². The number of aliphatic carboxylic acids is 1. The molecule has 0 aromatic rings. The molecule has 0 bridgehead atoms. The zero-order valence-electron chi connectivity index (χ0n) is 17.7. The first kappa shape index (κ1) is 25.5. The highest BCUT2D eigenvalue weighted by Gasteiger charge is 2.25. The van der Waals surface area contributed by atoms with E-state index in [0.717, 1.165) is 42.7 Å². The molecule has 0 aromatic heterocycles. The van der Waals surface area contributed by atoms with Gasteiger partial charge in [-0.1, -0.05) is 47.1 Å². The Labute approximate surface area is 206 Å². The first-order valence-corrected chi connectivity index (χ1v) is 13.0. The van der Waals surface area contributed by atoms with E-state index in [1.54, 1.807) is 6.08 Å². The molecule has 3 N–H and O–H groups in total. The van der Waals surface area contributed by atoms with E-state index in [4.69, 9.17) is 33.0 Å². The maximum absolute atomic E-state index is 12.3. The summed E-state index contributed by atoms with van der Waals surface area (Å²) in [5.74, 6) is -0.390. The molecule has 3 atom stereocenters. The lowest BCUT2D eigenvalue weighted by Gasteiger charge is -2.35. The summed E-state index contributed by atoms with van der Waals surface area (Å²) < 4.78 is 5.80.